The first-order valence-electron chi connectivity index (χ1n) is 11.5. The van der Waals surface area contributed by atoms with Gasteiger partial charge in [-0.15, -0.1) is 0 Å². The summed E-state index contributed by atoms with van der Waals surface area (Å²) in [6.07, 6.45) is 0.0634. The number of nitrogens with two attached hydrogens (primary N) is 1. The van der Waals surface area contributed by atoms with Crippen LogP contribution in [0, 0.1) is 17.8 Å². The molecule has 5 aliphatic rings. The Labute approximate surface area is 185 Å². The minimum atomic E-state index is -4.54. The quantitative estimate of drug-likeness (QED) is 0.781. The Morgan fingerprint density at radius 1 is 1.16 bits per heavy atom. The van der Waals surface area contributed by atoms with Gasteiger partial charge in [0.1, 0.15) is 11.6 Å². The second kappa shape index (κ2) is 6.47. The fraction of sp³-hybridized carbons (Fsp3) is 0.652. The average molecular weight is 447 g/mol. The summed E-state index contributed by atoms with van der Waals surface area (Å²) in [5.74, 6) is 2.66. The summed E-state index contributed by atoms with van der Waals surface area (Å²) in [5.41, 5.74) is 5.64. The van der Waals surface area contributed by atoms with E-state index < -0.39 is 17.6 Å². The minimum Gasteiger partial charge on any atom is -0.383 e. The number of anilines is 1. The van der Waals surface area contributed by atoms with Crippen molar-refractivity contribution < 1.29 is 13.2 Å². The molecule has 172 valence electrons. The summed E-state index contributed by atoms with van der Waals surface area (Å²) in [7, 11) is 2.18. The molecular formula is C23H29F3N6. The molecule has 7 rings (SSSR count). The lowest BCUT2D eigenvalue weighted by Crippen LogP contribution is -2.49. The molecule has 32 heavy (non-hydrogen) atoms. The van der Waals surface area contributed by atoms with Crippen LogP contribution in [0.25, 0.3) is 11.3 Å². The molecule has 1 aliphatic heterocycles. The van der Waals surface area contributed by atoms with Crippen molar-refractivity contribution in [1.29, 1.82) is 0 Å². The maximum absolute atomic E-state index is 13.4. The summed E-state index contributed by atoms with van der Waals surface area (Å²) >= 11 is 0. The number of hydrogen-bond donors (Lipinski definition) is 1. The van der Waals surface area contributed by atoms with Gasteiger partial charge in [0.25, 0.3) is 0 Å². The normalized spacial score (nSPS) is 34.2. The number of halogens is 3. The van der Waals surface area contributed by atoms with E-state index in [2.05, 4.69) is 40.2 Å². The number of nitrogen functional groups attached to an aromatic ring is 1. The van der Waals surface area contributed by atoms with Crippen LogP contribution >= 0.6 is 0 Å². The molecule has 6 nitrogen and oxygen atoms in total. The van der Waals surface area contributed by atoms with Gasteiger partial charge in [-0.3, -0.25) is 4.90 Å². The zero-order chi connectivity index (χ0) is 22.6. The Balaban J connectivity index is 1.32. The number of alkyl halides is 3. The average Bonchev–Trinajstić information content (AvgIpc) is 3.30. The van der Waals surface area contributed by atoms with Crippen molar-refractivity contribution in [2.45, 2.75) is 43.9 Å². The molecule has 3 heterocycles. The second-order valence-electron chi connectivity index (χ2n) is 10.4. The number of nitrogens with zero attached hydrogens (tertiary/aromatic N) is 5. The Hall–Kier alpha value is -2.13. The van der Waals surface area contributed by atoms with Crippen LogP contribution in [0.5, 0.6) is 0 Å². The topological polar surface area (TPSA) is 63.2 Å². The van der Waals surface area contributed by atoms with E-state index in [-0.39, 0.29) is 11.5 Å². The van der Waals surface area contributed by atoms with Gasteiger partial charge < -0.3 is 15.2 Å². The van der Waals surface area contributed by atoms with E-state index >= 15 is 0 Å². The number of hydrogen-bond acceptors (Lipinski definition) is 5. The molecule has 0 radical (unpaired) electrons. The highest BCUT2D eigenvalue weighted by atomic mass is 19.4. The molecular weight excluding hydrogens is 417 g/mol. The molecule has 2 unspecified atom stereocenters. The van der Waals surface area contributed by atoms with Gasteiger partial charge >= 0.3 is 6.18 Å². The molecule has 2 bridgehead atoms. The van der Waals surface area contributed by atoms with Gasteiger partial charge in [-0.05, 0) is 31.4 Å². The second-order valence-corrected chi connectivity index (χ2v) is 10.4. The third kappa shape index (κ3) is 2.67. The molecule has 2 aromatic heterocycles. The zero-order valence-electron chi connectivity index (χ0n) is 18.6. The fourth-order valence-corrected chi connectivity index (χ4v) is 6.74. The van der Waals surface area contributed by atoms with E-state index in [0.29, 0.717) is 35.1 Å². The Kier molecular flexibility index (Phi) is 4.14. The van der Waals surface area contributed by atoms with Crippen LogP contribution in [-0.4, -0.2) is 63.6 Å². The van der Waals surface area contributed by atoms with E-state index in [1.54, 1.807) is 0 Å². The lowest BCUT2D eigenvalue weighted by atomic mass is 10.1. The predicted octanol–water partition coefficient (Wildman–Crippen LogP) is 3.26. The molecule has 0 spiro atoms. The molecule has 9 heteroatoms. The van der Waals surface area contributed by atoms with Gasteiger partial charge in [0.15, 0.2) is 0 Å². The first-order valence-corrected chi connectivity index (χ1v) is 11.5. The zero-order valence-corrected chi connectivity index (χ0v) is 18.6. The lowest BCUT2D eigenvalue weighted by molar-refractivity contribution is -0.137. The number of rotatable bonds is 4. The van der Waals surface area contributed by atoms with E-state index in [9.17, 15) is 13.2 Å². The lowest BCUT2D eigenvalue weighted by Gasteiger charge is -2.36. The highest BCUT2D eigenvalue weighted by Crippen LogP contribution is 2.89. The summed E-state index contributed by atoms with van der Waals surface area (Å²) < 4.78 is 42.4. The van der Waals surface area contributed by atoms with Crippen LogP contribution in [0.3, 0.4) is 0 Å². The largest absolute Gasteiger partial charge is 0.419 e. The maximum atomic E-state index is 13.4. The first kappa shape index (κ1) is 20.5. The number of pyridine rings is 1. The highest BCUT2D eigenvalue weighted by Gasteiger charge is 2.93. The molecule has 5 fully saturated rings. The standard InChI is InChI=1S/C23H29F3N6/c1-12(2)21-29-16(13-8-15(23(24,25)26)20(27)28-10-13)11-32(21)22-14-9-17(19(22)18(14)22)31-6-4-30(3)5-7-31/h8,10-12,14,17-19H,4-7,9H2,1-3H3,(H2,27,28)/t14-,17?,18-,19?,22-/m0/s1. The first-order chi connectivity index (χ1) is 15.1. The van der Waals surface area contributed by atoms with E-state index in [4.69, 9.17) is 10.7 Å². The highest BCUT2D eigenvalue weighted by molar-refractivity contribution is 5.63. The van der Waals surface area contributed by atoms with Crippen molar-refractivity contribution in [2.75, 3.05) is 39.0 Å². The number of piperazine rings is 1. The van der Waals surface area contributed by atoms with E-state index in [1.165, 1.54) is 12.6 Å². The van der Waals surface area contributed by atoms with Crippen LogP contribution in [0.1, 0.15) is 37.6 Å². The van der Waals surface area contributed by atoms with Crippen molar-refractivity contribution in [1.82, 2.24) is 24.3 Å². The van der Waals surface area contributed by atoms with Gasteiger partial charge in [-0.25, -0.2) is 9.97 Å². The Bertz CT molecular complexity index is 1060. The monoisotopic (exact) mass is 446 g/mol. The molecule has 0 amide bonds. The third-order valence-electron chi connectivity index (χ3n) is 8.37. The molecule has 0 aromatic carbocycles. The predicted molar refractivity (Wildman–Crippen MR) is 115 cm³/mol. The van der Waals surface area contributed by atoms with Gasteiger partial charge in [-0.1, -0.05) is 13.8 Å². The fourth-order valence-electron chi connectivity index (χ4n) is 6.74. The smallest absolute Gasteiger partial charge is 0.383 e. The van der Waals surface area contributed by atoms with Crippen molar-refractivity contribution in [2.24, 2.45) is 17.8 Å². The number of fused-ring (bicyclic) bond motifs is 1. The third-order valence-corrected chi connectivity index (χ3v) is 8.37. The molecule has 4 saturated carbocycles. The van der Waals surface area contributed by atoms with Crippen molar-refractivity contribution in [3.8, 4) is 11.3 Å². The van der Waals surface area contributed by atoms with Crippen LogP contribution in [0.4, 0.5) is 19.0 Å². The van der Waals surface area contributed by atoms with Crippen LogP contribution in [0.2, 0.25) is 0 Å². The molecule has 5 atom stereocenters. The molecule has 4 aliphatic carbocycles. The molecule has 1 saturated heterocycles. The van der Waals surface area contributed by atoms with E-state index in [1.807, 2.05) is 6.20 Å². The van der Waals surface area contributed by atoms with Gasteiger partial charge in [0.05, 0.1) is 16.8 Å². The number of aromatic nitrogens is 3. The van der Waals surface area contributed by atoms with Crippen molar-refractivity contribution in [3.05, 3.63) is 29.8 Å². The minimum absolute atomic E-state index is 0.132. The molecule has 2 N–H and O–H groups in total. The summed E-state index contributed by atoms with van der Waals surface area (Å²) in [4.78, 5) is 13.7. The SMILES string of the molecule is CC(C)c1nc(-c2cnc(N)c(C(F)(F)F)c2)cn1[C@@]12C3C(N4CCN(C)CC4)C[C@H]1[C@@H]32. The van der Waals surface area contributed by atoms with Gasteiger partial charge in [-0.2, -0.15) is 13.2 Å². The van der Waals surface area contributed by atoms with Crippen molar-refractivity contribution in [3.63, 3.8) is 0 Å². The summed E-state index contributed by atoms with van der Waals surface area (Å²) in [5, 5.41) is 0. The maximum Gasteiger partial charge on any atom is 0.419 e. The Morgan fingerprint density at radius 3 is 2.50 bits per heavy atom. The van der Waals surface area contributed by atoms with E-state index in [0.717, 1.165) is 38.1 Å². The van der Waals surface area contributed by atoms with Crippen LogP contribution in [0.15, 0.2) is 18.5 Å². The number of imidazole rings is 1. The van der Waals surface area contributed by atoms with Crippen LogP contribution in [-0.2, 0) is 11.7 Å². The Morgan fingerprint density at radius 2 is 1.88 bits per heavy atom. The summed E-state index contributed by atoms with van der Waals surface area (Å²) in [6.45, 7) is 8.67. The van der Waals surface area contributed by atoms with Crippen molar-refractivity contribution >= 4 is 5.82 Å². The summed E-state index contributed by atoms with van der Waals surface area (Å²) in [6, 6.07) is 1.70. The molecule has 2 aromatic rings. The number of likely N-dealkylation sites (N-methyl/N-ethyl adjacent to an activating group) is 1. The van der Waals surface area contributed by atoms with Crippen LogP contribution < -0.4 is 5.73 Å². The van der Waals surface area contributed by atoms with Gasteiger partial charge in [0, 0.05) is 62.0 Å². The van der Waals surface area contributed by atoms with Gasteiger partial charge in [0.2, 0.25) is 0 Å².